The van der Waals surface area contributed by atoms with Crippen LogP contribution in [-0.4, -0.2) is 73.9 Å². The number of anilines is 3. The lowest BCUT2D eigenvalue weighted by atomic mass is 9.74. The molecule has 4 aromatic carbocycles. The summed E-state index contributed by atoms with van der Waals surface area (Å²) in [5.41, 5.74) is 14.2. The first-order chi connectivity index (χ1) is 32.6. The molecule has 6 aromatic rings. The molecule has 3 atom stereocenters. The second-order valence-electron chi connectivity index (χ2n) is 19.2. The number of halogens is 2. The molecule has 0 bridgehead atoms. The van der Waals surface area contributed by atoms with E-state index < -0.39 is 10.8 Å². The van der Waals surface area contributed by atoms with Crippen LogP contribution in [0.5, 0.6) is 0 Å². The van der Waals surface area contributed by atoms with Crippen LogP contribution in [0.4, 0.5) is 23.0 Å². The quantitative estimate of drug-likeness (QED) is 0.113. The standard InChI is InChI=1S/C32H35N2O3S.C22H19Cl2N5O/c1-31(2)23-16-19(12-15-35)6-8-25(23)33-13-10-27-21(29(31)33)18-22-28(37-27)11-14-34-26-9-7-20(38(5)36)17-24(26)32(3,4)30(22)34;1-25-11-13-6-8-15(9-7-13)27-22-26-12-14-10-16(21(30)29(2)20(14)28-22)19-17(23)4-3-5-18(19)24/h6-9,15-18,27-28H,10-14H2,1-5H3;3-10,12,25H,11H2,1-2H3,(H,26,27,28)/q+1;. The Balaban J connectivity index is 0.000000163. The van der Waals surface area contributed by atoms with Gasteiger partial charge in [0.2, 0.25) is 11.6 Å². The highest BCUT2D eigenvalue weighted by Gasteiger charge is 2.54. The Labute approximate surface area is 409 Å². The molecule has 0 radical (unpaired) electrons. The van der Waals surface area contributed by atoms with Gasteiger partial charge in [0, 0.05) is 117 Å². The van der Waals surface area contributed by atoms with Crippen molar-refractivity contribution in [3.05, 3.63) is 157 Å². The Morgan fingerprint density at radius 3 is 2.40 bits per heavy atom. The average molecular weight is 968 g/mol. The van der Waals surface area contributed by atoms with Gasteiger partial charge >= 0.3 is 0 Å². The van der Waals surface area contributed by atoms with Crippen LogP contribution in [0.2, 0.25) is 10.0 Å². The maximum absolute atomic E-state index is 13.0. The van der Waals surface area contributed by atoms with Crippen LogP contribution in [0.1, 0.15) is 62.8 Å². The fourth-order valence-electron chi connectivity index (χ4n) is 11.0. The molecule has 0 saturated heterocycles. The summed E-state index contributed by atoms with van der Waals surface area (Å²) in [6, 6.07) is 27.7. The highest BCUT2D eigenvalue weighted by Crippen LogP contribution is 2.54. The average Bonchev–Trinajstić information content (AvgIpc) is 3.70. The van der Waals surface area contributed by atoms with Crippen molar-refractivity contribution in [2.75, 3.05) is 36.6 Å². The zero-order valence-electron chi connectivity index (χ0n) is 39.2. The van der Waals surface area contributed by atoms with E-state index in [9.17, 15) is 13.8 Å². The minimum atomic E-state index is -1.01. The van der Waals surface area contributed by atoms with Crippen molar-refractivity contribution in [1.29, 1.82) is 0 Å². The maximum Gasteiger partial charge on any atom is 0.259 e. The number of aldehydes is 1. The van der Waals surface area contributed by atoms with Crippen molar-refractivity contribution in [1.82, 2.24) is 19.9 Å². The Morgan fingerprint density at radius 1 is 0.926 bits per heavy atom. The molecular weight excluding hydrogens is 914 g/mol. The summed E-state index contributed by atoms with van der Waals surface area (Å²) in [6.07, 6.45) is 9.47. The van der Waals surface area contributed by atoms with E-state index in [1.165, 1.54) is 55.2 Å². The van der Waals surface area contributed by atoms with E-state index >= 15 is 0 Å². The third kappa shape index (κ3) is 7.74. The van der Waals surface area contributed by atoms with Gasteiger partial charge in [-0.15, -0.1) is 0 Å². The van der Waals surface area contributed by atoms with Gasteiger partial charge in [-0.3, -0.25) is 13.6 Å². The molecule has 14 heteroatoms. The highest BCUT2D eigenvalue weighted by molar-refractivity contribution is 7.84. The van der Waals surface area contributed by atoms with Gasteiger partial charge in [-0.2, -0.15) is 9.56 Å². The van der Waals surface area contributed by atoms with Crippen molar-refractivity contribution >= 4 is 80.0 Å². The number of allylic oxidation sites excluding steroid dienone is 1. The minimum absolute atomic E-state index is 0.0987. The molecule has 0 aliphatic carbocycles. The van der Waals surface area contributed by atoms with Crippen LogP contribution in [0.15, 0.2) is 124 Å². The number of ether oxygens (including phenoxy) is 1. The minimum Gasteiger partial charge on any atom is -0.365 e. The zero-order chi connectivity index (χ0) is 47.8. The second kappa shape index (κ2) is 17.6. The Hall–Kier alpha value is -5.76. The zero-order valence-corrected chi connectivity index (χ0v) is 41.6. The van der Waals surface area contributed by atoms with Crippen LogP contribution in [0.3, 0.4) is 0 Å². The van der Waals surface area contributed by atoms with E-state index in [1.54, 1.807) is 43.8 Å². The summed E-state index contributed by atoms with van der Waals surface area (Å²) in [7, 11) is 2.56. The molecule has 2 N–H and O–H groups in total. The van der Waals surface area contributed by atoms with Crippen LogP contribution in [-0.2, 0) is 51.2 Å². The number of rotatable bonds is 8. The summed E-state index contributed by atoms with van der Waals surface area (Å²) in [4.78, 5) is 36.5. The fraction of sp³-hybridized carbons (Fsp3) is 0.315. The van der Waals surface area contributed by atoms with Gasteiger partial charge in [-0.05, 0) is 98.6 Å². The Kier molecular flexibility index (Phi) is 11.9. The molecule has 68 heavy (non-hydrogen) atoms. The first-order valence-electron chi connectivity index (χ1n) is 23.0. The summed E-state index contributed by atoms with van der Waals surface area (Å²) >= 11 is 12.6. The molecule has 0 spiro atoms. The Bertz CT molecular complexity index is 3250. The Morgan fingerprint density at radius 2 is 1.68 bits per heavy atom. The largest absolute Gasteiger partial charge is 0.365 e. The lowest BCUT2D eigenvalue weighted by Gasteiger charge is -2.42. The van der Waals surface area contributed by atoms with Crippen LogP contribution < -0.4 is 21.1 Å². The SMILES string of the molecule is CNCc1ccc(Nc2ncc3cc(-c4c(Cl)cccc4Cl)c(=O)n(C)c3n2)cc1.CS(=O)c1ccc2c(c1)C(C)(C)C1=[N+]2CCC2OC3CCN4C(=C3C=C12)C(C)(C)c1cc(CC=O)ccc14. The van der Waals surface area contributed by atoms with Crippen LogP contribution >= 0.6 is 23.2 Å². The summed E-state index contributed by atoms with van der Waals surface area (Å²) in [5, 5.41) is 7.83. The number of pyridine rings is 1. The van der Waals surface area contributed by atoms with Crippen LogP contribution in [0.25, 0.3) is 22.2 Å². The number of carbonyl (C=O) groups excluding carboxylic acids is 1. The normalized spacial score (nSPS) is 19.7. The molecule has 5 aliphatic heterocycles. The predicted octanol–water partition coefficient (Wildman–Crippen LogP) is 9.86. The van der Waals surface area contributed by atoms with Gasteiger partial charge in [0.15, 0.2) is 12.3 Å². The van der Waals surface area contributed by atoms with E-state index in [1.807, 2.05) is 37.4 Å². The molecule has 7 heterocycles. The van der Waals surface area contributed by atoms with Gasteiger partial charge in [0.25, 0.3) is 5.56 Å². The van der Waals surface area contributed by atoms with Gasteiger partial charge in [0.1, 0.15) is 11.9 Å². The lowest BCUT2D eigenvalue weighted by Crippen LogP contribution is -2.47. The molecule has 348 valence electrons. The first-order valence-corrected chi connectivity index (χ1v) is 25.3. The topological polar surface area (TPSA) is 121 Å². The van der Waals surface area contributed by atoms with Crippen molar-refractivity contribution in [3.63, 3.8) is 0 Å². The number of nitrogens with one attached hydrogen (secondary N) is 2. The van der Waals surface area contributed by atoms with Gasteiger partial charge in [0.05, 0.1) is 33.2 Å². The number of aromatic nitrogens is 3. The lowest BCUT2D eigenvalue weighted by molar-refractivity contribution is -0.445. The van der Waals surface area contributed by atoms with Gasteiger partial charge in [-0.25, -0.2) is 4.98 Å². The number of nitrogens with zero attached hydrogens (tertiary/aromatic N) is 5. The molecule has 11 rings (SSSR count). The predicted molar refractivity (Wildman–Crippen MR) is 274 cm³/mol. The summed E-state index contributed by atoms with van der Waals surface area (Å²) in [5.74, 6) is 0.405. The van der Waals surface area contributed by atoms with Gasteiger partial charge in [-0.1, -0.05) is 67.4 Å². The summed E-state index contributed by atoms with van der Waals surface area (Å²) < 4.78 is 23.2. The molecule has 0 saturated carbocycles. The van der Waals surface area contributed by atoms with Crippen molar-refractivity contribution < 1.29 is 18.3 Å². The molecule has 0 fully saturated rings. The number of fused-ring (bicyclic) bond motifs is 9. The maximum atomic E-state index is 13.0. The van der Waals surface area contributed by atoms with E-state index in [-0.39, 0.29) is 28.6 Å². The van der Waals surface area contributed by atoms with E-state index in [0.717, 1.165) is 54.9 Å². The molecule has 11 nitrogen and oxygen atoms in total. The molecule has 2 aromatic heterocycles. The van der Waals surface area contributed by atoms with Crippen molar-refractivity contribution in [2.24, 2.45) is 7.05 Å². The van der Waals surface area contributed by atoms with Crippen LogP contribution in [0, 0.1) is 0 Å². The molecule has 5 aliphatic rings. The monoisotopic (exact) mass is 966 g/mol. The third-order valence-electron chi connectivity index (χ3n) is 14.2. The fourth-order valence-corrected chi connectivity index (χ4v) is 12.1. The van der Waals surface area contributed by atoms with E-state index in [4.69, 9.17) is 27.9 Å². The number of benzene rings is 4. The molecular formula is C54H54Cl2N7O4S+. The summed E-state index contributed by atoms with van der Waals surface area (Å²) in [6.45, 7) is 11.9. The number of aryl methyl sites for hydroxylation is 1. The van der Waals surface area contributed by atoms with Gasteiger partial charge < -0.3 is 25.1 Å². The second-order valence-corrected chi connectivity index (χ2v) is 21.4. The number of hydrogen-bond donors (Lipinski definition) is 2. The highest BCUT2D eigenvalue weighted by atomic mass is 35.5. The smallest absolute Gasteiger partial charge is 0.259 e. The third-order valence-corrected chi connectivity index (χ3v) is 15.8. The van der Waals surface area contributed by atoms with E-state index in [2.05, 4.69) is 94.2 Å². The molecule has 0 amide bonds. The number of carbonyl (C=O) groups is 1. The van der Waals surface area contributed by atoms with E-state index in [0.29, 0.717) is 44.6 Å². The number of hydrogen-bond acceptors (Lipinski definition) is 9. The van der Waals surface area contributed by atoms with Crippen molar-refractivity contribution in [2.45, 2.75) is 81.4 Å². The van der Waals surface area contributed by atoms with Crippen molar-refractivity contribution in [3.8, 4) is 11.1 Å². The first kappa shape index (κ1) is 46.0. The molecule has 3 unspecified atom stereocenters.